The van der Waals surface area contributed by atoms with Gasteiger partial charge in [-0.05, 0) is 64.3 Å². The van der Waals surface area contributed by atoms with E-state index in [9.17, 15) is 0 Å². The summed E-state index contributed by atoms with van der Waals surface area (Å²) in [6.45, 7) is 15.9. The molecule has 0 saturated carbocycles. The molecule has 0 amide bonds. The quantitative estimate of drug-likeness (QED) is 0.561. The first-order valence-electron chi connectivity index (χ1n) is 12.9. The van der Waals surface area contributed by atoms with Crippen molar-refractivity contribution in [2.45, 2.75) is 51.1 Å². The number of rotatable bonds is 9. The van der Waals surface area contributed by atoms with Crippen LogP contribution in [0.2, 0.25) is 0 Å². The molecule has 4 rings (SSSR count). The number of benzene rings is 1. The molecule has 3 fully saturated rings. The van der Waals surface area contributed by atoms with Crippen LogP contribution in [-0.2, 0) is 4.74 Å². The van der Waals surface area contributed by atoms with Crippen LogP contribution < -0.4 is 0 Å². The van der Waals surface area contributed by atoms with Gasteiger partial charge in [0.05, 0.1) is 6.61 Å². The number of nitrogens with zero attached hydrogens (tertiary/aromatic N) is 4. The minimum atomic E-state index is 0.516. The Labute approximate surface area is 190 Å². The smallest absolute Gasteiger partial charge is 0.0593 e. The molecule has 1 aromatic carbocycles. The summed E-state index contributed by atoms with van der Waals surface area (Å²) in [7, 11) is 0. The fourth-order valence-corrected chi connectivity index (χ4v) is 5.74. The van der Waals surface area contributed by atoms with Crippen molar-refractivity contribution in [2.24, 2.45) is 0 Å². The van der Waals surface area contributed by atoms with Gasteiger partial charge in [-0.2, -0.15) is 0 Å². The van der Waals surface area contributed by atoms with Gasteiger partial charge in [0.25, 0.3) is 0 Å². The maximum absolute atomic E-state index is 5.57. The molecule has 5 heteroatoms. The minimum absolute atomic E-state index is 0.516. The highest BCUT2D eigenvalue weighted by Crippen LogP contribution is 2.27. The predicted molar refractivity (Wildman–Crippen MR) is 129 cm³/mol. The topological polar surface area (TPSA) is 22.2 Å². The molecule has 0 bridgehead atoms. The molecule has 1 atom stereocenters. The van der Waals surface area contributed by atoms with E-state index >= 15 is 0 Å². The number of hydrogen-bond acceptors (Lipinski definition) is 5. The van der Waals surface area contributed by atoms with Crippen LogP contribution in [0.3, 0.4) is 0 Å². The summed E-state index contributed by atoms with van der Waals surface area (Å²) in [4.78, 5) is 10.8. The van der Waals surface area contributed by atoms with E-state index in [1.807, 2.05) is 0 Å². The van der Waals surface area contributed by atoms with E-state index in [2.05, 4.69) is 56.9 Å². The number of hydrogen-bond donors (Lipinski definition) is 0. The molecule has 174 valence electrons. The monoisotopic (exact) mass is 428 g/mol. The molecule has 3 aliphatic heterocycles. The standard InChI is InChI=1S/C26H44N4O/c1-2-31-22-21-27-17-19-30(20-18-27)26(24-9-5-3-6-10-24)23-28-15-11-25(12-16-28)29-13-7-4-8-14-29/h3,5-6,9-10,25-26H,2,4,7-8,11-23H2,1H3. The van der Waals surface area contributed by atoms with E-state index in [0.717, 1.165) is 52.0 Å². The summed E-state index contributed by atoms with van der Waals surface area (Å²) >= 11 is 0. The second-order valence-electron chi connectivity index (χ2n) is 9.63. The average molecular weight is 429 g/mol. The molecule has 31 heavy (non-hydrogen) atoms. The lowest BCUT2D eigenvalue weighted by atomic mass is 9.98. The molecule has 0 aromatic heterocycles. The fraction of sp³-hybridized carbons (Fsp3) is 0.769. The van der Waals surface area contributed by atoms with Gasteiger partial charge in [-0.25, -0.2) is 0 Å². The average Bonchev–Trinajstić information content (AvgIpc) is 2.85. The molecule has 0 radical (unpaired) electrons. The first-order valence-corrected chi connectivity index (χ1v) is 12.9. The van der Waals surface area contributed by atoms with E-state index in [0.29, 0.717) is 6.04 Å². The van der Waals surface area contributed by atoms with Crippen molar-refractivity contribution < 1.29 is 4.74 Å². The van der Waals surface area contributed by atoms with Crippen LogP contribution in [0.15, 0.2) is 30.3 Å². The zero-order valence-electron chi connectivity index (χ0n) is 19.8. The maximum atomic E-state index is 5.57. The Balaban J connectivity index is 1.30. The van der Waals surface area contributed by atoms with Crippen molar-refractivity contribution in [3.05, 3.63) is 35.9 Å². The zero-order valence-corrected chi connectivity index (χ0v) is 19.8. The first kappa shape index (κ1) is 23.2. The third-order valence-corrected chi connectivity index (χ3v) is 7.68. The Kier molecular flexibility index (Phi) is 9.21. The predicted octanol–water partition coefficient (Wildman–Crippen LogP) is 3.33. The largest absolute Gasteiger partial charge is 0.380 e. The highest BCUT2D eigenvalue weighted by molar-refractivity contribution is 5.20. The van der Waals surface area contributed by atoms with Crippen molar-refractivity contribution in [3.63, 3.8) is 0 Å². The highest BCUT2D eigenvalue weighted by atomic mass is 16.5. The second kappa shape index (κ2) is 12.3. The Bertz CT molecular complexity index is 605. The SMILES string of the molecule is CCOCCN1CCN(C(CN2CCC(N3CCCCC3)CC2)c2ccccc2)CC1. The van der Waals surface area contributed by atoms with E-state index in [-0.39, 0.29) is 0 Å². The van der Waals surface area contributed by atoms with Crippen LogP contribution in [0.25, 0.3) is 0 Å². The van der Waals surface area contributed by atoms with Gasteiger partial charge in [0.15, 0.2) is 0 Å². The number of ether oxygens (including phenoxy) is 1. The molecule has 0 N–H and O–H groups in total. The maximum Gasteiger partial charge on any atom is 0.0593 e. The van der Waals surface area contributed by atoms with Crippen molar-refractivity contribution in [1.29, 1.82) is 0 Å². The van der Waals surface area contributed by atoms with Gasteiger partial charge in [-0.1, -0.05) is 36.8 Å². The number of likely N-dealkylation sites (tertiary alicyclic amines) is 2. The molecule has 0 spiro atoms. The van der Waals surface area contributed by atoms with Crippen molar-refractivity contribution in [2.75, 3.05) is 78.7 Å². The third kappa shape index (κ3) is 6.75. The summed E-state index contributed by atoms with van der Waals surface area (Å²) in [5.41, 5.74) is 1.49. The third-order valence-electron chi connectivity index (χ3n) is 7.68. The molecule has 3 saturated heterocycles. The van der Waals surface area contributed by atoms with E-state index in [4.69, 9.17) is 4.74 Å². The van der Waals surface area contributed by atoms with Crippen LogP contribution in [0, 0.1) is 0 Å². The molecule has 1 unspecified atom stereocenters. The second-order valence-corrected chi connectivity index (χ2v) is 9.63. The molecular formula is C26H44N4O. The van der Waals surface area contributed by atoms with Crippen LogP contribution in [-0.4, -0.2) is 104 Å². The summed E-state index contributed by atoms with van der Waals surface area (Å²) in [5, 5.41) is 0. The van der Waals surface area contributed by atoms with Gasteiger partial charge in [-0.3, -0.25) is 9.80 Å². The zero-order chi connectivity index (χ0) is 21.3. The van der Waals surface area contributed by atoms with Gasteiger partial charge >= 0.3 is 0 Å². The fourth-order valence-electron chi connectivity index (χ4n) is 5.74. The number of piperidine rings is 2. The normalized spacial score (nSPS) is 24.4. The Morgan fingerprint density at radius 2 is 1.55 bits per heavy atom. The molecule has 0 aliphatic carbocycles. The van der Waals surface area contributed by atoms with E-state index < -0.39 is 0 Å². The van der Waals surface area contributed by atoms with Crippen LogP contribution in [0.4, 0.5) is 0 Å². The van der Waals surface area contributed by atoms with Crippen molar-refractivity contribution in [3.8, 4) is 0 Å². The van der Waals surface area contributed by atoms with Gasteiger partial charge in [-0.15, -0.1) is 0 Å². The van der Waals surface area contributed by atoms with Crippen molar-refractivity contribution in [1.82, 2.24) is 19.6 Å². The lowest BCUT2D eigenvalue weighted by Crippen LogP contribution is -2.52. The molecule has 3 heterocycles. The summed E-state index contributed by atoms with van der Waals surface area (Å²) in [5.74, 6) is 0. The highest BCUT2D eigenvalue weighted by Gasteiger charge is 2.30. The lowest BCUT2D eigenvalue weighted by Gasteiger charge is -2.44. The Morgan fingerprint density at radius 3 is 2.23 bits per heavy atom. The van der Waals surface area contributed by atoms with E-state index in [1.165, 1.54) is 70.4 Å². The Hall–Kier alpha value is -0.980. The van der Waals surface area contributed by atoms with Gasteiger partial charge in [0.1, 0.15) is 0 Å². The lowest BCUT2D eigenvalue weighted by molar-refractivity contribution is 0.0410. The summed E-state index contributed by atoms with van der Waals surface area (Å²) in [6.07, 6.45) is 6.96. The first-order chi connectivity index (χ1) is 15.3. The Morgan fingerprint density at radius 1 is 0.839 bits per heavy atom. The molecule has 3 aliphatic rings. The van der Waals surface area contributed by atoms with Crippen LogP contribution in [0.1, 0.15) is 50.6 Å². The minimum Gasteiger partial charge on any atom is -0.380 e. The molecule has 1 aromatic rings. The summed E-state index contributed by atoms with van der Waals surface area (Å²) < 4.78 is 5.57. The van der Waals surface area contributed by atoms with Crippen molar-refractivity contribution >= 4 is 0 Å². The molecule has 5 nitrogen and oxygen atoms in total. The van der Waals surface area contributed by atoms with Gasteiger partial charge < -0.3 is 14.5 Å². The molecular weight excluding hydrogens is 384 g/mol. The van der Waals surface area contributed by atoms with Crippen LogP contribution >= 0.6 is 0 Å². The van der Waals surface area contributed by atoms with Crippen LogP contribution in [0.5, 0.6) is 0 Å². The number of piperazine rings is 1. The van der Waals surface area contributed by atoms with Gasteiger partial charge in [0.2, 0.25) is 0 Å². The van der Waals surface area contributed by atoms with Gasteiger partial charge in [0, 0.05) is 58.0 Å². The summed E-state index contributed by atoms with van der Waals surface area (Å²) in [6, 6.07) is 12.6. The van der Waals surface area contributed by atoms with E-state index in [1.54, 1.807) is 0 Å².